The van der Waals surface area contributed by atoms with E-state index in [2.05, 4.69) is 33.0 Å². The molecule has 1 aliphatic rings. The number of nitrogens with one attached hydrogen (secondary N) is 1. The van der Waals surface area contributed by atoms with Crippen LogP contribution in [0, 0.1) is 0 Å². The Morgan fingerprint density at radius 1 is 1.27 bits per heavy atom. The summed E-state index contributed by atoms with van der Waals surface area (Å²) in [5.41, 5.74) is -0.110. The Morgan fingerprint density at radius 3 is 2.27 bits per heavy atom. The third-order valence-electron chi connectivity index (χ3n) is 2.27. The van der Waals surface area contributed by atoms with Gasteiger partial charge in [0.2, 0.25) is 0 Å². The molecule has 0 amide bonds. The Labute approximate surface area is 69.3 Å². The summed E-state index contributed by atoms with van der Waals surface area (Å²) in [6, 6.07) is 0.551. The zero-order chi connectivity index (χ0) is 8.48. The fourth-order valence-corrected chi connectivity index (χ4v) is 1.77. The van der Waals surface area contributed by atoms with Gasteiger partial charge in [0, 0.05) is 6.04 Å². The molecule has 1 aliphatic heterocycles. The second-order valence-corrected chi connectivity index (χ2v) is 3.73. The molecule has 2 heteroatoms. The molecule has 0 bridgehead atoms. The fourth-order valence-electron chi connectivity index (χ4n) is 1.77. The molecule has 1 heterocycles. The summed E-state index contributed by atoms with van der Waals surface area (Å²) < 4.78 is 5.79. The van der Waals surface area contributed by atoms with Crippen LogP contribution in [0.4, 0.5) is 0 Å². The molecule has 66 valence electrons. The molecule has 2 unspecified atom stereocenters. The van der Waals surface area contributed by atoms with E-state index in [0.717, 1.165) is 12.8 Å². The molecule has 0 aromatic heterocycles. The molecule has 0 radical (unpaired) electrons. The van der Waals surface area contributed by atoms with Crippen LogP contribution in [0.5, 0.6) is 0 Å². The summed E-state index contributed by atoms with van der Waals surface area (Å²) in [4.78, 5) is 0. The second kappa shape index (κ2) is 3.11. The van der Waals surface area contributed by atoms with Crippen LogP contribution in [0.25, 0.3) is 0 Å². The maximum absolute atomic E-state index is 5.79. The van der Waals surface area contributed by atoms with Gasteiger partial charge >= 0.3 is 0 Å². The van der Waals surface area contributed by atoms with Gasteiger partial charge in [-0.2, -0.15) is 0 Å². The van der Waals surface area contributed by atoms with E-state index >= 15 is 0 Å². The van der Waals surface area contributed by atoms with Crippen molar-refractivity contribution in [2.24, 2.45) is 0 Å². The third-order valence-corrected chi connectivity index (χ3v) is 2.27. The monoisotopic (exact) mass is 157 g/mol. The van der Waals surface area contributed by atoms with E-state index in [1.54, 1.807) is 0 Å². The molecule has 11 heavy (non-hydrogen) atoms. The molecule has 2 atom stereocenters. The van der Waals surface area contributed by atoms with Crippen LogP contribution in [-0.4, -0.2) is 17.9 Å². The Morgan fingerprint density at radius 2 is 1.91 bits per heavy atom. The Balaban J connectivity index is 2.55. The zero-order valence-corrected chi connectivity index (χ0v) is 7.98. The van der Waals surface area contributed by atoms with E-state index in [-0.39, 0.29) is 5.72 Å². The average molecular weight is 157 g/mol. The zero-order valence-electron chi connectivity index (χ0n) is 7.98. The standard InChI is InChI=1S/C9H19NO/c1-5-7-8(6-2)11-9(3,4)10-7/h7-8,10H,5-6H2,1-4H3. The van der Waals surface area contributed by atoms with Crippen molar-refractivity contribution in [3.8, 4) is 0 Å². The fraction of sp³-hybridized carbons (Fsp3) is 1.00. The number of ether oxygens (including phenoxy) is 1. The second-order valence-electron chi connectivity index (χ2n) is 3.73. The van der Waals surface area contributed by atoms with Crippen LogP contribution in [0.1, 0.15) is 40.5 Å². The largest absolute Gasteiger partial charge is 0.356 e. The van der Waals surface area contributed by atoms with Crippen molar-refractivity contribution in [1.29, 1.82) is 0 Å². The maximum atomic E-state index is 5.79. The SMILES string of the molecule is CCC1NC(C)(C)OC1CC. The molecule has 0 saturated carbocycles. The first-order valence-electron chi connectivity index (χ1n) is 4.54. The lowest BCUT2D eigenvalue weighted by molar-refractivity contribution is -0.0260. The van der Waals surface area contributed by atoms with Gasteiger partial charge < -0.3 is 4.74 Å². The lowest BCUT2D eigenvalue weighted by atomic mass is 10.1. The van der Waals surface area contributed by atoms with Crippen LogP contribution in [-0.2, 0) is 4.74 Å². The minimum absolute atomic E-state index is 0.110. The molecule has 0 aromatic rings. The Hall–Kier alpha value is -0.0800. The van der Waals surface area contributed by atoms with Gasteiger partial charge in [-0.25, -0.2) is 0 Å². The maximum Gasteiger partial charge on any atom is 0.114 e. The normalized spacial score (nSPS) is 36.0. The van der Waals surface area contributed by atoms with Crippen LogP contribution in [0.2, 0.25) is 0 Å². The lowest BCUT2D eigenvalue weighted by Gasteiger charge is -2.17. The quantitative estimate of drug-likeness (QED) is 0.661. The first kappa shape index (κ1) is 9.01. The van der Waals surface area contributed by atoms with Crippen molar-refractivity contribution in [3.05, 3.63) is 0 Å². The predicted molar refractivity (Wildman–Crippen MR) is 46.5 cm³/mol. The number of hydrogen-bond donors (Lipinski definition) is 1. The van der Waals surface area contributed by atoms with Gasteiger partial charge in [0.25, 0.3) is 0 Å². The van der Waals surface area contributed by atoms with Crippen LogP contribution < -0.4 is 5.32 Å². The topological polar surface area (TPSA) is 21.3 Å². The highest BCUT2D eigenvalue weighted by atomic mass is 16.5. The van der Waals surface area contributed by atoms with Crippen molar-refractivity contribution < 1.29 is 4.74 Å². The van der Waals surface area contributed by atoms with Gasteiger partial charge in [-0.1, -0.05) is 13.8 Å². The van der Waals surface area contributed by atoms with E-state index in [0.29, 0.717) is 12.1 Å². The van der Waals surface area contributed by atoms with E-state index in [1.807, 2.05) is 0 Å². The van der Waals surface area contributed by atoms with Gasteiger partial charge in [0.05, 0.1) is 6.10 Å². The van der Waals surface area contributed by atoms with Crippen molar-refractivity contribution in [1.82, 2.24) is 5.32 Å². The number of rotatable bonds is 2. The molecular formula is C9H19NO. The summed E-state index contributed by atoms with van der Waals surface area (Å²) in [5.74, 6) is 0. The van der Waals surface area contributed by atoms with Crippen LogP contribution in [0.15, 0.2) is 0 Å². The molecule has 1 saturated heterocycles. The molecule has 0 aromatic carbocycles. The summed E-state index contributed by atoms with van der Waals surface area (Å²) >= 11 is 0. The molecule has 1 N–H and O–H groups in total. The number of hydrogen-bond acceptors (Lipinski definition) is 2. The molecule has 2 nitrogen and oxygen atoms in total. The minimum Gasteiger partial charge on any atom is -0.356 e. The highest BCUT2D eigenvalue weighted by Gasteiger charge is 2.36. The Bertz CT molecular complexity index is 120. The summed E-state index contributed by atoms with van der Waals surface area (Å²) in [6.07, 6.45) is 2.67. The van der Waals surface area contributed by atoms with Gasteiger partial charge in [-0.3, -0.25) is 5.32 Å². The highest BCUT2D eigenvalue weighted by Crippen LogP contribution is 2.24. The third kappa shape index (κ3) is 1.94. The van der Waals surface area contributed by atoms with Gasteiger partial charge in [-0.15, -0.1) is 0 Å². The molecular weight excluding hydrogens is 138 g/mol. The highest BCUT2D eigenvalue weighted by molar-refractivity contribution is 4.88. The van der Waals surface area contributed by atoms with E-state index in [1.165, 1.54) is 0 Å². The first-order chi connectivity index (χ1) is 5.09. The molecule has 1 rings (SSSR count). The van der Waals surface area contributed by atoms with Crippen molar-refractivity contribution in [2.45, 2.75) is 58.4 Å². The summed E-state index contributed by atoms with van der Waals surface area (Å²) in [7, 11) is 0. The molecule has 0 spiro atoms. The van der Waals surface area contributed by atoms with E-state index < -0.39 is 0 Å². The summed E-state index contributed by atoms with van der Waals surface area (Å²) in [5, 5.41) is 3.46. The van der Waals surface area contributed by atoms with Gasteiger partial charge in [0.15, 0.2) is 0 Å². The smallest absolute Gasteiger partial charge is 0.114 e. The predicted octanol–water partition coefficient (Wildman–Crippen LogP) is 1.90. The lowest BCUT2D eigenvalue weighted by Crippen LogP contribution is -2.38. The van der Waals surface area contributed by atoms with Crippen molar-refractivity contribution >= 4 is 0 Å². The van der Waals surface area contributed by atoms with Crippen molar-refractivity contribution in [3.63, 3.8) is 0 Å². The first-order valence-corrected chi connectivity index (χ1v) is 4.54. The van der Waals surface area contributed by atoms with Crippen LogP contribution >= 0.6 is 0 Å². The molecule has 1 fully saturated rings. The van der Waals surface area contributed by atoms with E-state index in [9.17, 15) is 0 Å². The minimum atomic E-state index is -0.110. The average Bonchev–Trinajstić information content (AvgIpc) is 2.25. The van der Waals surface area contributed by atoms with Gasteiger partial charge in [0.1, 0.15) is 5.72 Å². The van der Waals surface area contributed by atoms with Crippen molar-refractivity contribution in [2.75, 3.05) is 0 Å². The summed E-state index contributed by atoms with van der Waals surface area (Å²) in [6.45, 7) is 8.55. The molecule has 0 aliphatic carbocycles. The van der Waals surface area contributed by atoms with Crippen LogP contribution in [0.3, 0.4) is 0 Å². The Kier molecular flexibility index (Phi) is 2.55. The van der Waals surface area contributed by atoms with E-state index in [4.69, 9.17) is 4.74 Å². The van der Waals surface area contributed by atoms with Gasteiger partial charge in [-0.05, 0) is 26.7 Å².